The maximum absolute atomic E-state index is 5.95. The van der Waals surface area contributed by atoms with Crippen molar-refractivity contribution in [3.8, 4) is 11.5 Å². The van der Waals surface area contributed by atoms with Gasteiger partial charge in [-0.05, 0) is 77.9 Å². The summed E-state index contributed by atoms with van der Waals surface area (Å²) >= 11 is 3.51. The van der Waals surface area contributed by atoms with E-state index in [1.54, 1.807) is 7.11 Å². The topological polar surface area (TPSA) is 30.5 Å². The van der Waals surface area contributed by atoms with Crippen molar-refractivity contribution < 1.29 is 9.47 Å². The van der Waals surface area contributed by atoms with Crippen LogP contribution in [0.2, 0.25) is 0 Å². The molecule has 5 rings (SSSR count). The Bertz CT molecular complexity index is 1040. The van der Waals surface area contributed by atoms with Crippen LogP contribution in [0.1, 0.15) is 47.1 Å². The van der Waals surface area contributed by atoms with E-state index in [-0.39, 0.29) is 12.4 Å². The van der Waals surface area contributed by atoms with Crippen LogP contribution in [0, 0.1) is 0 Å². The van der Waals surface area contributed by atoms with Crippen molar-refractivity contribution >= 4 is 28.3 Å². The molecule has 0 aromatic heterocycles. The van der Waals surface area contributed by atoms with Crippen molar-refractivity contribution in [2.75, 3.05) is 7.11 Å². The highest BCUT2D eigenvalue weighted by Gasteiger charge is 2.40. The second-order valence-electron chi connectivity index (χ2n) is 8.26. The smallest absolute Gasteiger partial charge is 0.119 e. The molecule has 1 saturated carbocycles. The molecule has 3 nitrogen and oxygen atoms in total. The minimum absolute atomic E-state index is 0. The number of fused-ring (bicyclic) bond motifs is 1. The predicted molar refractivity (Wildman–Crippen MR) is 131 cm³/mol. The molecule has 1 N–H and O–H groups in total. The fraction of sp³-hybridized carbons (Fsp3) is 0.308. The molecule has 2 aliphatic rings. The highest BCUT2D eigenvalue weighted by Crippen LogP contribution is 2.44. The third-order valence-electron chi connectivity index (χ3n) is 6.24. The molecule has 0 spiro atoms. The molecule has 0 aliphatic heterocycles. The van der Waals surface area contributed by atoms with Gasteiger partial charge < -0.3 is 14.8 Å². The maximum atomic E-state index is 5.95. The van der Waals surface area contributed by atoms with Crippen LogP contribution < -0.4 is 14.8 Å². The molecule has 31 heavy (non-hydrogen) atoms. The highest BCUT2D eigenvalue weighted by molar-refractivity contribution is 9.10. The van der Waals surface area contributed by atoms with E-state index in [4.69, 9.17) is 9.47 Å². The largest absolute Gasteiger partial charge is 0.497 e. The molecule has 0 radical (unpaired) electrons. The van der Waals surface area contributed by atoms with E-state index < -0.39 is 0 Å². The number of aryl methyl sites for hydroxylation is 1. The van der Waals surface area contributed by atoms with Crippen molar-refractivity contribution in [2.24, 2.45) is 0 Å². The standard InChI is InChI=1S/C26H26BrNO2.ClH/c1-29-22-11-7-19-8-12-25(23(19)14-22)28-26-15-24(26)18-5-9-21(10-6-18)30-16-17-3-2-4-20(27)13-17;/h2-7,9-11,13-14,24-26,28H,8,12,15-16H2,1H3;1H/t24-,25?,26+;/m0./s1. The fourth-order valence-electron chi connectivity index (χ4n) is 4.49. The van der Waals surface area contributed by atoms with Gasteiger partial charge in [-0.3, -0.25) is 0 Å². The molecule has 0 heterocycles. The van der Waals surface area contributed by atoms with Gasteiger partial charge in [-0.2, -0.15) is 0 Å². The molecule has 3 atom stereocenters. The van der Waals surface area contributed by atoms with Gasteiger partial charge in [0.25, 0.3) is 0 Å². The minimum atomic E-state index is 0. The van der Waals surface area contributed by atoms with Crippen molar-refractivity contribution in [3.63, 3.8) is 0 Å². The number of ether oxygens (including phenoxy) is 2. The summed E-state index contributed by atoms with van der Waals surface area (Å²) in [7, 11) is 1.74. The molecule has 3 aromatic carbocycles. The quantitative estimate of drug-likeness (QED) is 0.397. The molecule has 0 saturated heterocycles. The molecular weight excluding hydrogens is 474 g/mol. The fourth-order valence-corrected chi connectivity index (χ4v) is 4.94. The summed E-state index contributed by atoms with van der Waals surface area (Å²) in [6.45, 7) is 0.580. The zero-order valence-electron chi connectivity index (χ0n) is 17.5. The van der Waals surface area contributed by atoms with E-state index in [0.29, 0.717) is 24.6 Å². The molecule has 3 aromatic rings. The Balaban J connectivity index is 0.00000231. The van der Waals surface area contributed by atoms with Crippen molar-refractivity contribution in [1.29, 1.82) is 0 Å². The Hall–Kier alpha value is -2.01. The monoisotopic (exact) mass is 499 g/mol. The van der Waals surface area contributed by atoms with Crippen LogP contribution in [0.5, 0.6) is 11.5 Å². The second-order valence-corrected chi connectivity index (χ2v) is 9.17. The lowest BCUT2D eigenvalue weighted by Crippen LogP contribution is -2.22. The zero-order valence-corrected chi connectivity index (χ0v) is 19.9. The van der Waals surface area contributed by atoms with Gasteiger partial charge in [0.05, 0.1) is 7.11 Å². The van der Waals surface area contributed by atoms with Crippen LogP contribution in [0.25, 0.3) is 0 Å². The SMILES string of the molecule is COc1ccc2c(c1)C(N[C@@H]1C[C@H]1c1ccc(OCc3cccc(Br)c3)cc1)CC2.Cl. The zero-order chi connectivity index (χ0) is 20.5. The molecule has 162 valence electrons. The number of halogens is 2. The summed E-state index contributed by atoms with van der Waals surface area (Å²) < 4.78 is 12.4. The molecular formula is C26H27BrClNO2. The van der Waals surface area contributed by atoms with E-state index in [1.807, 2.05) is 12.1 Å². The van der Waals surface area contributed by atoms with E-state index in [9.17, 15) is 0 Å². The van der Waals surface area contributed by atoms with Crippen molar-refractivity contribution in [3.05, 3.63) is 93.5 Å². The first-order chi connectivity index (χ1) is 14.7. The Morgan fingerprint density at radius 1 is 1.00 bits per heavy atom. The Morgan fingerprint density at radius 3 is 2.58 bits per heavy atom. The van der Waals surface area contributed by atoms with Crippen LogP contribution in [0.4, 0.5) is 0 Å². The lowest BCUT2D eigenvalue weighted by atomic mass is 10.1. The van der Waals surface area contributed by atoms with Crippen LogP contribution in [-0.4, -0.2) is 13.2 Å². The Labute approximate surface area is 198 Å². The van der Waals surface area contributed by atoms with Crippen LogP contribution in [0.15, 0.2) is 71.2 Å². The van der Waals surface area contributed by atoms with Crippen LogP contribution in [0.3, 0.4) is 0 Å². The van der Waals surface area contributed by atoms with Crippen molar-refractivity contribution in [1.82, 2.24) is 5.32 Å². The van der Waals surface area contributed by atoms with E-state index in [0.717, 1.165) is 28.0 Å². The van der Waals surface area contributed by atoms with Gasteiger partial charge in [-0.1, -0.05) is 46.3 Å². The second kappa shape index (κ2) is 9.64. The number of hydrogen-bond donors (Lipinski definition) is 1. The summed E-state index contributed by atoms with van der Waals surface area (Å²) in [4.78, 5) is 0. The number of rotatable bonds is 7. The molecule has 1 fully saturated rings. The van der Waals surface area contributed by atoms with Gasteiger partial charge >= 0.3 is 0 Å². The summed E-state index contributed by atoms with van der Waals surface area (Å²) in [5.74, 6) is 2.47. The molecule has 2 aliphatic carbocycles. The third-order valence-corrected chi connectivity index (χ3v) is 6.73. The maximum Gasteiger partial charge on any atom is 0.119 e. The van der Waals surface area contributed by atoms with E-state index >= 15 is 0 Å². The third kappa shape index (κ3) is 5.08. The van der Waals surface area contributed by atoms with Gasteiger partial charge in [0.15, 0.2) is 0 Å². The minimum Gasteiger partial charge on any atom is -0.497 e. The summed E-state index contributed by atoms with van der Waals surface area (Å²) in [6.07, 6.45) is 3.53. The van der Waals surface area contributed by atoms with E-state index in [1.165, 1.54) is 29.5 Å². The normalized spacial score (nSPS) is 21.2. The average Bonchev–Trinajstić information content (AvgIpc) is 3.43. The Kier molecular flexibility index (Phi) is 6.90. The van der Waals surface area contributed by atoms with Gasteiger partial charge in [0.2, 0.25) is 0 Å². The summed E-state index contributed by atoms with van der Waals surface area (Å²) in [5, 5.41) is 3.88. The van der Waals surface area contributed by atoms with Crippen molar-refractivity contribution in [2.45, 2.75) is 43.9 Å². The first kappa shape index (κ1) is 22.2. The summed E-state index contributed by atoms with van der Waals surface area (Å²) in [6, 6.07) is 24.3. The average molecular weight is 501 g/mol. The number of benzene rings is 3. The molecule has 0 bridgehead atoms. The molecule has 5 heteroatoms. The van der Waals surface area contributed by atoms with Gasteiger partial charge in [-0.25, -0.2) is 0 Å². The molecule has 1 unspecified atom stereocenters. The predicted octanol–water partition coefficient (Wildman–Crippen LogP) is 6.59. The summed E-state index contributed by atoms with van der Waals surface area (Å²) in [5.41, 5.74) is 5.42. The van der Waals surface area contributed by atoms with Gasteiger partial charge in [0.1, 0.15) is 18.1 Å². The van der Waals surface area contributed by atoms with Gasteiger partial charge in [-0.15, -0.1) is 12.4 Å². The van der Waals surface area contributed by atoms with Crippen LogP contribution >= 0.6 is 28.3 Å². The lowest BCUT2D eigenvalue weighted by molar-refractivity contribution is 0.306. The Morgan fingerprint density at radius 2 is 1.81 bits per heavy atom. The number of methoxy groups -OCH3 is 1. The van der Waals surface area contributed by atoms with Crippen LogP contribution in [-0.2, 0) is 13.0 Å². The number of hydrogen-bond acceptors (Lipinski definition) is 3. The highest BCUT2D eigenvalue weighted by atomic mass is 79.9. The number of nitrogens with one attached hydrogen (secondary N) is 1. The molecule has 0 amide bonds. The van der Waals surface area contributed by atoms with E-state index in [2.05, 4.69) is 75.8 Å². The van der Waals surface area contributed by atoms with Gasteiger partial charge in [0, 0.05) is 22.5 Å². The lowest BCUT2D eigenvalue weighted by Gasteiger charge is -2.15. The first-order valence-electron chi connectivity index (χ1n) is 10.6. The first-order valence-corrected chi connectivity index (χ1v) is 11.4.